The first-order valence-electron chi connectivity index (χ1n) is 7.65. The Bertz CT molecular complexity index is 1210. The zero-order valence-electron chi connectivity index (χ0n) is 14.0. The van der Waals surface area contributed by atoms with E-state index in [2.05, 4.69) is 9.82 Å². The molecule has 0 fully saturated rings. The predicted molar refractivity (Wildman–Crippen MR) is 106 cm³/mol. The van der Waals surface area contributed by atoms with E-state index in [1.165, 1.54) is 54.7 Å². The number of carbonyl (C=O) groups excluding carboxylic acids is 1. The van der Waals surface area contributed by atoms with Gasteiger partial charge in [-0.3, -0.25) is 14.3 Å². The Hall–Kier alpha value is -2.88. The van der Waals surface area contributed by atoms with Crippen LogP contribution in [0.3, 0.4) is 0 Å². The summed E-state index contributed by atoms with van der Waals surface area (Å²) < 4.78 is 28.4. The lowest BCUT2D eigenvalue weighted by Gasteiger charge is -2.10. The average molecular weight is 439 g/mol. The van der Waals surface area contributed by atoms with Gasteiger partial charge in [0.15, 0.2) is 0 Å². The molecule has 0 saturated heterocycles. The summed E-state index contributed by atoms with van der Waals surface area (Å²) in [5, 5.41) is 3.71. The molecule has 0 saturated carbocycles. The lowest BCUT2D eigenvalue weighted by atomic mass is 10.2. The van der Waals surface area contributed by atoms with Crippen LogP contribution < -0.4 is 16.0 Å². The van der Waals surface area contributed by atoms with E-state index in [1.54, 1.807) is 0 Å². The molecule has 3 rings (SSSR count). The smallest absolute Gasteiger partial charge is 0.291 e. The number of primary amides is 1. The zero-order chi connectivity index (χ0) is 20.5. The van der Waals surface area contributed by atoms with Crippen molar-refractivity contribution in [3.63, 3.8) is 0 Å². The standard InChI is InChI=1S/C17H12Cl2N4O4S/c18-14-9-21-23(17(25)15(14)19)12-5-7-13(8-6-12)28(26,27)22-11-3-1-10(2-4-11)16(20)24/h1-9,22H,(H2,20,24). The highest BCUT2D eigenvalue weighted by molar-refractivity contribution is 7.92. The van der Waals surface area contributed by atoms with Crippen molar-refractivity contribution in [1.29, 1.82) is 0 Å². The van der Waals surface area contributed by atoms with E-state index >= 15 is 0 Å². The normalized spacial score (nSPS) is 11.2. The molecule has 8 nitrogen and oxygen atoms in total. The Labute approximate surface area is 169 Å². The quantitative estimate of drug-likeness (QED) is 0.632. The minimum Gasteiger partial charge on any atom is -0.366 e. The van der Waals surface area contributed by atoms with E-state index in [1.807, 2.05) is 0 Å². The van der Waals surface area contributed by atoms with Gasteiger partial charge in [-0.1, -0.05) is 23.2 Å². The van der Waals surface area contributed by atoms with Crippen LogP contribution in [0, 0.1) is 0 Å². The Morgan fingerprint density at radius 1 is 1.04 bits per heavy atom. The van der Waals surface area contributed by atoms with Crippen LogP contribution in [0.2, 0.25) is 10.0 Å². The maximum Gasteiger partial charge on any atom is 0.291 e. The van der Waals surface area contributed by atoms with Crippen molar-refractivity contribution in [2.75, 3.05) is 4.72 Å². The van der Waals surface area contributed by atoms with Gasteiger partial charge in [0.1, 0.15) is 5.02 Å². The fourth-order valence-corrected chi connectivity index (χ4v) is 3.59. The van der Waals surface area contributed by atoms with Crippen molar-refractivity contribution >= 4 is 44.8 Å². The molecule has 0 spiro atoms. The highest BCUT2D eigenvalue weighted by Gasteiger charge is 2.16. The largest absolute Gasteiger partial charge is 0.366 e. The van der Waals surface area contributed by atoms with Gasteiger partial charge in [0.2, 0.25) is 5.91 Å². The summed E-state index contributed by atoms with van der Waals surface area (Å²) in [5.74, 6) is -0.615. The Morgan fingerprint density at radius 3 is 2.21 bits per heavy atom. The van der Waals surface area contributed by atoms with E-state index in [-0.39, 0.29) is 26.2 Å². The second-order valence-electron chi connectivity index (χ2n) is 5.56. The second-order valence-corrected chi connectivity index (χ2v) is 8.03. The number of carbonyl (C=O) groups is 1. The molecular weight excluding hydrogens is 427 g/mol. The first-order chi connectivity index (χ1) is 13.2. The van der Waals surface area contributed by atoms with Gasteiger partial charge < -0.3 is 5.73 Å². The van der Waals surface area contributed by atoms with Gasteiger partial charge in [-0.25, -0.2) is 8.42 Å². The number of anilines is 1. The predicted octanol–water partition coefficient (Wildman–Crippen LogP) is 2.44. The number of amides is 1. The minimum absolute atomic E-state index is 0.0219. The van der Waals surface area contributed by atoms with Crippen molar-refractivity contribution in [3.8, 4) is 5.69 Å². The third-order valence-corrected chi connectivity index (χ3v) is 5.84. The van der Waals surface area contributed by atoms with Crippen LogP contribution in [0.4, 0.5) is 5.69 Å². The monoisotopic (exact) mass is 438 g/mol. The van der Waals surface area contributed by atoms with Crippen LogP contribution in [-0.4, -0.2) is 24.1 Å². The van der Waals surface area contributed by atoms with Gasteiger partial charge in [0.05, 0.1) is 21.8 Å². The van der Waals surface area contributed by atoms with E-state index in [0.29, 0.717) is 5.69 Å². The molecule has 3 aromatic rings. The topological polar surface area (TPSA) is 124 Å². The van der Waals surface area contributed by atoms with E-state index in [9.17, 15) is 18.0 Å². The Kier molecular flexibility index (Phi) is 5.41. The molecule has 1 aromatic heterocycles. The number of hydrogen-bond acceptors (Lipinski definition) is 5. The maximum absolute atomic E-state index is 12.5. The van der Waals surface area contributed by atoms with Gasteiger partial charge in [-0.15, -0.1) is 0 Å². The molecule has 11 heteroatoms. The molecule has 0 aliphatic carbocycles. The number of benzene rings is 2. The van der Waals surface area contributed by atoms with Crippen LogP contribution in [0.5, 0.6) is 0 Å². The van der Waals surface area contributed by atoms with Crippen LogP contribution in [0.1, 0.15) is 10.4 Å². The number of halogens is 2. The van der Waals surface area contributed by atoms with Crippen molar-refractivity contribution in [1.82, 2.24) is 9.78 Å². The third kappa shape index (κ3) is 4.01. The lowest BCUT2D eigenvalue weighted by molar-refractivity contribution is 0.100. The highest BCUT2D eigenvalue weighted by atomic mass is 35.5. The molecule has 144 valence electrons. The van der Waals surface area contributed by atoms with Crippen LogP contribution in [0.25, 0.3) is 5.69 Å². The number of hydrogen-bond donors (Lipinski definition) is 2. The van der Waals surface area contributed by atoms with Gasteiger partial charge in [-0.2, -0.15) is 9.78 Å². The summed E-state index contributed by atoms with van der Waals surface area (Å²) in [4.78, 5) is 23.1. The van der Waals surface area contributed by atoms with Gasteiger partial charge in [0, 0.05) is 11.3 Å². The first kappa shape index (κ1) is 19.9. The van der Waals surface area contributed by atoms with Gasteiger partial charge in [-0.05, 0) is 48.5 Å². The van der Waals surface area contributed by atoms with Gasteiger partial charge >= 0.3 is 0 Å². The number of rotatable bonds is 5. The maximum atomic E-state index is 12.5. The highest BCUT2D eigenvalue weighted by Crippen LogP contribution is 2.19. The van der Waals surface area contributed by atoms with Crippen molar-refractivity contribution in [3.05, 3.63) is 80.7 Å². The summed E-state index contributed by atoms with van der Waals surface area (Å²) in [7, 11) is -3.89. The zero-order valence-corrected chi connectivity index (χ0v) is 16.3. The molecule has 2 aromatic carbocycles. The summed E-state index contributed by atoms with van der Waals surface area (Å²) in [6.07, 6.45) is 1.22. The SMILES string of the molecule is NC(=O)c1ccc(NS(=O)(=O)c2ccc(-n3ncc(Cl)c(Cl)c3=O)cc2)cc1. The summed E-state index contributed by atoms with van der Waals surface area (Å²) in [5.41, 5.74) is 5.35. The lowest BCUT2D eigenvalue weighted by Crippen LogP contribution is -2.21. The number of aromatic nitrogens is 2. The second kappa shape index (κ2) is 7.63. The van der Waals surface area contributed by atoms with Crippen LogP contribution in [0.15, 0.2) is 64.4 Å². The summed E-state index contributed by atoms with van der Waals surface area (Å²) in [6.45, 7) is 0. The molecule has 0 atom stereocenters. The van der Waals surface area contributed by atoms with Crippen molar-refractivity contribution < 1.29 is 13.2 Å². The Balaban J connectivity index is 1.87. The first-order valence-corrected chi connectivity index (χ1v) is 9.89. The number of sulfonamides is 1. The molecule has 3 N–H and O–H groups in total. The minimum atomic E-state index is -3.89. The van der Waals surface area contributed by atoms with E-state index in [0.717, 1.165) is 4.68 Å². The molecule has 0 radical (unpaired) electrons. The molecular formula is C17H12Cl2N4O4S. The molecule has 1 heterocycles. The molecule has 1 amide bonds. The summed E-state index contributed by atoms with van der Waals surface area (Å²) in [6, 6.07) is 11.1. The third-order valence-electron chi connectivity index (χ3n) is 3.69. The van der Waals surface area contributed by atoms with E-state index < -0.39 is 21.5 Å². The number of nitrogens with two attached hydrogens (primary N) is 1. The molecule has 0 aliphatic rings. The summed E-state index contributed by atoms with van der Waals surface area (Å²) >= 11 is 11.6. The number of nitrogens with zero attached hydrogens (tertiary/aromatic N) is 2. The van der Waals surface area contributed by atoms with Crippen molar-refractivity contribution in [2.45, 2.75) is 4.90 Å². The van der Waals surface area contributed by atoms with E-state index in [4.69, 9.17) is 28.9 Å². The Morgan fingerprint density at radius 2 is 1.64 bits per heavy atom. The van der Waals surface area contributed by atoms with Gasteiger partial charge in [0.25, 0.3) is 15.6 Å². The molecule has 0 unspecified atom stereocenters. The molecule has 0 aliphatic heterocycles. The fraction of sp³-hybridized carbons (Fsp3) is 0. The molecule has 0 bridgehead atoms. The van der Waals surface area contributed by atoms with Crippen molar-refractivity contribution in [2.24, 2.45) is 5.73 Å². The van der Waals surface area contributed by atoms with Crippen LogP contribution >= 0.6 is 23.2 Å². The van der Waals surface area contributed by atoms with Crippen LogP contribution in [-0.2, 0) is 10.0 Å². The molecule has 28 heavy (non-hydrogen) atoms. The average Bonchev–Trinajstić information content (AvgIpc) is 2.66. The number of nitrogens with one attached hydrogen (secondary N) is 1. The fourth-order valence-electron chi connectivity index (χ4n) is 2.28.